The first-order valence-corrected chi connectivity index (χ1v) is 13.1. The molecule has 0 aliphatic carbocycles. The van der Waals surface area contributed by atoms with E-state index in [1.807, 2.05) is 49.6 Å². The number of rotatable bonds is 7. The Morgan fingerprint density at radius 3 is 2.34 bits per heavy atom. The lowest BCUT2D eigenvalue weighted by molar-refractivity contribution is -0.146. The number of hydrogen-bond donors (Lipinski definition) is 0. The van der Waals surface area contributed by atoms with Crippen LogP contribution in [-0.2, 0) is 19.6 Å². The number of halogens is 1. The van der Waals surface area contributed by atoms with Crippen LogP contribution in [0.2, 0.25) is 5.02 Å². The minimum absolute atomic E-state index is 0.0567. The Kier molecular flexibility index (Phi) is 7.17. The van der Waals surface area contributed by atoms with Crippen molar-refractivity contribution in [1.29, 1.82) is 0 Å². The van der Waals surface area contributed by atoms with Gasteiger partial charge in [0.1, 0.15) is 6.04 Å². The first-order valence-electron chi connectivity index (χ1n) is 11.3. The SMILES string of the molecule is Cc1ccc(-n2c(C)cc(C(=O)COC(=O)[C@@H]3CCCN3S(=O)(=O)c3ccc(Cl)cc3)c2C)cc1. The van der Waals surface area contributed by atoms with Gasteiger partial charge in [-0.15, -0.1) is 0 Å². The Hall–Kier alpha value is -2.94. The zero-order valence-electron chi connectivity index (χ0n) is 19.8. The normalized spacial score (nSPS) is 16.4. The van der Waals surface area contributed by atoms with Crippen molar-refractivity contribution in [2.24, 2.45) is 0 Å². The number of aromatic nitrogens is 1. The largest absolute Gasteiger partial charge is 0.456 e. The van der Waals surface area contributed by atoms with Crippen LogP contribution in [0.3, 0.4) is 0 Å². The van der Waals surface area contributed by atoms with Gasteiger partial charge in [0.15, 0.2) is 6.61 Å². The molecule has 1 saturated heterocycles. The zero-order chi connectivity index (χ0) is 25.3. The molecule has 2 aromatic carbocycles. The Bertz CT molecular complexity index is 1360. The van der Waals surface area contributed by atoms with Crippen molar-refractivity contribution in [2.45, 2.75) is 44.6 Å². The van der Waals surface area contributed by atoms with Crippen molar-refractivity contribution in [2.75, 3.05) is 13.2 Å². The number of benzene rings is 2. The van der Waals surface area contributed by atoms with Crippen LogP contribution < -0.4 is 0 Å². The molecule has 1 aliphatic rings. The number of nitrogens with zero attached hydrogens (tertiary/aromatic N) is 2. The molecule has 0 unspecified atom stereocenters. The van der Waals surface area contributed by atoms with Crippen LogP contribution in [0.5, 0.6) is 0 Å². The maximum Gasteiger partial charge on any atom is 0.324 e. The highest BCUT2D eigenvalue weighted by atomic mass is 35.5. The number of carbonyl (C=O) groups is 2. The van der Waals surface area contributed by atoms with Gasteiger partial charge in [-0.3, -0.25) is 9.59 Å². The topological polar surface area (TPSA) is 85.7 Å². The number of ether oxygens (including phenoxy) is 1. The van der Waals surface area contributed by atoms with E-state index in [0.717, 1.165) is 26.9 Å². The number of esters is 1. The average molecular weight is 515 g/mol. The molecule has 0 amide bonds. The summed E-state index contributed by atoms with van der Waals surface area (Å²) in [7, 11) is -3.90. The Balaban J connectivity index is 1.46. The van der Waals surface area contributed by atoms with Gasteiger partial charge >= 0.3 is 5.97 Å². The van der Waals surface area contributed by atoms with E-state index in [2.05, 4.69) is 0 Å². The van der Waals surface area contributed by atoms with Crippen LogP contribution in [0.1, 0.15) is 40.2 Å². The van der Waals surface area contributed by atoms with Gasteiger partial charge in [-0.25, -0.2) is 8.42 Å². The van der Waals surface area contributed by atoms with Crippen molar-refractivity contribution in [3.63, 3.8) is 0 Å². The lowest BCUT2D eigenvalue weighted by Crippen LogP contribution is -2.41. The molecule has 7 nitrogen and oxygen atoms in total. The first kappa shape index (κ1) is 25.2. The second kappa shape index (κ2) is 9.97. The molecule has 2 heterocycles. The Morgan fingerprint density at radius 1 is 1.03 bits per heavy atom. The van der Waals surface area contributed by atoms with Crippen LogP contribution in [-0.4, -0.2) is 48.2 Å². The van der Waals surface area contributed by atoms with E-state index in [-0.39, 0.29) is 17.2 Å². The standard InChI is InChI=1S/C26H27ClN2O5S/c1-17-6-10-21(11-7-17)29-18(2)15-23(19(29)3)25(30)16-34-26(31)24-5-4-14-28(24)35(32,33)22-12-8-20(27)9-13-22/h6-13,15,24H,4-5,14,16H2,1-3H3/t24-/m0/s1. The van der Waals surface area contributed by atoms with Crippen LogP contribution in [0.15, 0.2) is 59.5 Å². The van der Waals surface area contributed by atoms with E-state index in [1.54, 1.807) is 6.07 Å². The first-order chi connectivity index (χ1) is 16.6. The molecule has 1 fully saturated rings. The highest BCUT2D eigenvalue weighted by Gasteiger charge is 2.40. The highest BCUT2D eigenvalue weighted by molar-refractivity contribution is 7.89. The quantitative estimate of drug-likeness (QED) is 0.339. The fourth-order valence-corrected chi connectivity index (χ4v) is 6.22. The molecule has 0 bridgehead atoms. The molecule has 3 aromatic rings. The van der Waals surface area contributed by atoms with Gasteiger partial charge in [0.25, 0.3) is 0 Å². The smallest absolute Gasteiger partial charge is 0.324 e. The summed E-state index contributed by atoms with van der Waals surface area (Å²) in [4.78, 5) is 25.8. The second-order valence-electron chi connectivity index (χ2n) is 8.71. The van der Waals surface area contributed by atoms with Gasteiger partial charge in [-0.1, -0.05) is 29.3 Å². The predicted molar refractivity (Wildman–Crippen MR) is 134 cm³/mol. The van der Waals surface area contributed by atoms with Crippen LogP contribution in [0.25, 0.3) is 5.69 Å². The number of sulfonamides is 1. The molecule has 1 aliphatic heterocycles. The maximum atomic E-state index is 13.1. The Labute approximate surface area is 210 Å². The maximum absolute atomic E-state index is 13.1. The average Bonchev–Trinajstić information content (AvgIpc) is 3.44. The van der Waals surface area contributed by atoms with Crippen LogP contribution in [0.4, 0.5) is 0 Å². The molecule has 9 heteroatoms. The van der Waals surface area contributed by atoms with Gasteiger partial charge in [0, 0.05) is 34.2 Å². The lowest BCUT2D eigenvalue weighted by atomic mass is 10.1. The van der Waals surface area contributed by atoms with E-state index in [1.165, 1.54) is 24.3 Å². The monoisotopic (exact) mass is 514 g/mol. The summed E-state index contributed by atoms with van der Waals surface area (Å²) in [5.41, 5.74) is 4.18. The number of Topliss-reactive ketones (excluding diaryl/α,β-unsaturated/α-hetero) is 1. The fourth-order valence-electron chi connectivity index (χ4n) is 4.45. The number of hydrogen-bond acceptors (Lipinski definition) is 5. The van der Waals surface area contributed by atoms with Crippen LogP contribution >= 0.6 is 11.6 Å². The fraction of sp³-hybridized carbons (Fsp3) is 0.308. The summed E-state index contributed by atoms with van der Waals surface area (Å²) >= 11 is 5.87. The highest BCUT2D eigenvalue weighted by Crippen LogP contribution is 2.28. The van der Waals surface area contributed by atoms with Crippen molar-refractivity contribution in [1.82, 2.24) is 8.87 Å². The van der Waals surface area contributed by atoms with E-state index >= 15 is 0 Å². The summed E-state index contributed by atoms with van der Waals surface area (Å²) in [6.45, 7) is 5.51. The van der Waals surface area contributed by atoms with E-state index < -0.39 is 28.6 Å². The van der Waals surface area contributed by atoms with E-state index in [4.69, 9.17) is 16.3 Å². The Morgan fingerprint density at radius 2 is 1.69 bits per heavy atom. The van der Waals surface area contributed by atoms with Gasteiger partial charge in [-0.2, -0.15) is 4.31 Å². The summed E-state index contributed by atoms with van der Waals surface area (Å²) in [5.74, 6) is -1.06. The molecule has 4 rings (SSSR count). The van der Waals surface area contributed by atoms with Gasteiger partial charge in [-0.05, 0) is 76.1 Å². The van der Waals surface area contributed by atoms with Crippen LogP contribution in [0, 0.1) is 20.8 Å². The van der Waals surface area contributed by atoms with Crippen molar-refractivity contribution >= 4 is 33.4 Å². The van der Waals surface area contributed by atoms with E-state index in [9.17, 15) is 18.0 Å². The van der Waals surface area contributed by atoms with Gasteiger partial charge in [0.2, 0.25) is 15.8 Å². The number of carbonyl (C=O) groups excluding carboxylic acids is 2. The third-order valence-electron chi connectivity index (χ3n) is 6.27. The molecule has 184 valence electrons. The summed E-state index contributed by atoms with van der Waals surface area (Å²) < 4.78 is 34.6. The molecule has 0 saturated carbocycles. The van der Waals surface area contributed by atoms with Gasteiger partial charge in [0.05, 0.1) is 4.90 Å². The van der Waals surface area contributed by atoms with Gasteiger partial charge < -0.3 is 9.30 Å². The lowest BCUT2D eigenvalue weighted by Gasteiger charge is -2.22. The minimum atomic E-state index is -3.90. The molecule has 1 atom stereocenters. The minimum Gasteiger partial charge on any atom is -0.456 e. The molecule has 0 N–H and O–H groups in total. The predicted octanol–water partition coefficient (Wildman–Crippen LogP) is 4.64. The summed E-state index contributed by atoms with van der Waals surface area (Å²) in [6.07, 6.45) is 0.861. The molecular formula is C26H27ClN2O5S. The third-order valence-corrected chi connectivity index (χ3v) is 8.44. The van der Waals surface area contributed by atoms with Crippen molar-refractivity contribution in [3.8, 4) is 5.69 Å². The van der Waals surface area contributed by atoms with Crippen molar-refractivity contribution < 1.29 is 22.7 Å². The number of aryl methyl sites for hydroxylation is 2. The third kappa shape index (κ3) is 5.05. The molecule has 1 aromatic heterocycles. The molecular weight excluding hydrogens is 488 g/mol. The number of ketones is 1. The van der Waals surface area contributed by atoms with Crippen molar-refractivity contribution in [3.05, 3.63) is 82.1 Å². The zero-order valence-corrected chi connectivity index (χ0v) is 21.4. The summed E-state index contributed by atoms with van der Waals surface area (Å²) in [5, 5.41) is 0.418. The second-order valence-corrected chi connectivity index (χ2v) is 11.0. The van der Waals surface area contributed by atoms with E-state index in [0.29, 0.717) is 23.4 Å². The molecule has 0 radical (unpaired) electrons. The molecule has 0 spiro atoms. The summed E-state index contributed by atoms with van der Waals surface area (Å²) in [6, 6.07) is 14.6. The molecule has 35 heavy (non-hydrogen) atoms.